The van der Waals surface area contributed by atoms with Gasteiger partial charge in [0, 0.05) is 30.8 Å². The van der Waals surface area contributed by atoms with Gasteiger partial charge < -0.3 is 9.64 Å². The molecular weight excluding hydrogens is 398 g/mol. The van der Waals surface area contributed by atoms with E-state index in [1.807, 2.05) is 6.07 Å². The zero-order chi connectivity index (χ0) is 22.0. The SMILES string of the molecule is C=CCn1nc(C(=O)OCC)c2c1CCN(C(=O)Cn1cnc3ccccc3c1=O)C2. The van der Waals surface area contributed by atoms with E-state index in [1.54, 1.807) is 40.8 Å². The summed E-state index contributed by atoms with van der Waals surface area (Å²) >= 11 is 0. The predicted octanol–water partition coefficient (Wildman–Crippen LogP) is 1.54. The number of benzene rings is 1. The molecule has 3 aromatic rings. The third-order valence-electron chi connectivity index (χ3n) is 5.29. The summed E-state index contributed by atoms with van der Waals surface area (Å²) in [4.78, 5) is 44.0. The second-order valence-electron chi connectivity index (χ2n) is 7.23. The zero-order valence-electron chi connectivity index (χ0n) is 17.3. The number of nitrogens with zero attached hydrogens (tertiary/aromatic N) is 5. The largest absolute Gasteiger partial charge is 0.461 e. The smallest absolute Gasteiger partial charge is 0.359 e. The summed E-state index contributed by atoms with van der Waals surface area (Å²) in [6, 6.07) is 7.02. The van der Waals surface area contributed by atoms with Gasteiger partial charge in [0.25, 0.3) is 5.56 Å². The Kier molecular flexibility index (Phi) is 5.66. The highest BCUT2D eigenvalue weighted by Gasteiger charge is 2.30. The van der Waals surface area contributed by atoms with Crippen molar-refractivity contribution >= 4 is 22.8 Å². The van der Waals surface area contributed by atoms with E-state index in [9.17, 15) is 14.4 Å². The molecule has 0 aliphatic carbocycles. The number of para-hydroxylation sites is 1. The number of ether oxygens (including phenoxy) is 1. The molecular formula is C22H23N5O4. The van der Waals surface area contributed by atoms with Crippen LogP contribution in [0.4, 0.5) is 0 Å². The van der Waals surface area contributed by atoms with Crippen molar-refractivity contribution < 1.29 is 14.3 Å². The van der Waals surface area contributed by atoms with Gasteiger partial charge in [-0.1, -0.05) is 18.2 Å². The fourth-order valence-electron chi connectivity index (χ4n) is 3.80. The summed E-state index contributed by atoms with van der Waals surface area (Å²) in [6.45, 7) is 6.75. The highest BCUT2D eigenvalue weighted by molar-refractivity contribution is 5.89. The number of carbonyl (C=O) groups excluding carboxylic acids is 2. The van der Waals surface area contributed by atoms with E-state index in [1.165, 1.54) is 10.9 Å². The van der Waals surface area contributed by atoms with Crippen LogP contribution in [0.15, 0.2) is 48.0 Å². The van der Waals surface area contributed by atoms with Gasteiger partial charge in [-0.25, -0.2) is 9.78 Å². The number of hydrogen-bond acceptors (Lipinski definition) is 6. The van der Waals surface area contributed by atoms with E-state index < -0.39 is 5.97 Å². The summed E-state index contributed by atoms with van der Waals surface area (Å²) < 4.78 is 8.18. The molecule has 1 aliphatic heterocycles. The van der Waals surface area contributed by atoms with Gasteiger partial charge >= 0.3 is 5.97 Å². The molecule has 0 spiro atoms. The molecule has 0 saturated carbocycles. The van der Waals surface area contributed by atoms with Crippen LogP contribution in [0.25, 0.3) is 10.9 Å². The molecule has 0 bridgehead atoms. The fourth-order valence-corrected chi connectivity index (χ4v) is 3.80. The molecule has 3 heterocycles. The van der Waals surface area contributed by atoms with Gasteiger partial charge in [-0.05, 0) is 19.1 Å². The zero-order valence-corrected chi connectivity index (χ0v) is 17.3. The molecule has 1 aliphatic rings. The Labute approximate surface area is 178 Å². The topological polar surface area (TPSA) is 99.3 Å². The van der Waals surface area contributed by atoms with Crippen LogP contribution in [0.5, 0.6) is 0 Å². The summed E-state index contributed by atoms with van der Waals surface area (Å²) in [5.41, 5.74) is 2.14. The normalized spacial score (nSPS) is 13.1. The lowest BCUT2D eigenvalue weighted by Gasteiger charge is -2.28. The average Bonchev–Trinajstić information content (AvgIpc) is 3.14. The van der Waals surface area contributed by atoms with Crippen molar-refractivity contribution in [3.05, 3.63) is 70.6 Å². The molecule has 2 aromatic heterocycles. The Morgan fingerprint density at radius 2 is 2.10 bits per heavy atom. The van der Waals surface area contributed by atoms with Gasteiger partial charge in [-0.3, -0.25) is 18.8 Å². The van der Waals surface area contributed by atoms with Crippen LogP contribution >= 0.6 is 0 Å². The lowest BCUT2D eigenvalue weighted by atomic mass is 10.0. The molecule has 0 fully saturated rings. The van der Waals surface area contributed by atoms with E-state index in [4.69, 9.17) is 4.74 Å². The Hall–Kier alpha value is -3.75. The molecule has 0 atom stereocenters. The first-order valence-corrected chi connectivity index (χ1v) is 10.1. The third kappa shape index (κ3) is 3.86. The first kappa shape index (κ1) is 20.5. The standard InChI is InChI=1S/C22H23N5O4/c1-3-10-27-18-9-11-25(12-16(18)20(24-27)22(30)31-4-2)19(28)13-26-14-23-17-8-6-5-7-15(17)21(26)29/h3,5-8,14H,1,4,9-13H2,2H3. The minimum Gasteiger partial charge on any atom is -0.461 e. The monoisotopic (exact) mass is 421 g/mol. The summed E-state index contributed by atoms with van der Waals surface area (Å²) in [6.07, 6.45) is 3.65. The van der Waals surface area contributed by atoms with Gasteiger partial charge in [0.15, 0.2) is 5.69 Å². The van der Waals surface area contributed by atoms with Crippen molar-refractivity contribution in [1.29, 1.82) is 0 Å². The van der Waals surface area contributed by atoms with Crippen LogP contribution in [-0.2, 0) is 35.6 Å². The highest BCUT2D eigenvalue weighted by Crippen LogP contribution is 2.24. The second-order valence-corrected chi connectivity index (χ2v) is 7.23. The number of amides is 1. The first-order valence-electron chi connectivity index (χ1n) is 10.1. The Morgan fingerprint density at radius 3 is 2.87 bits per heavy atom. The van der Waals surface area contributed by atoms with Crippen LogP contribution in [0.2, 0.25) is 0 Å². The number of carbonyl (C=O) groups is 2. The molecule has 9 heteroatoms. The molecule has 0 radical (unpaired) electrons. The van der Waals surface area contributed by atoms with Gasteiger partial charge in [-0.2, -0.15) is 5.10 Å². The molecule has 4 rings (SSSR count). The number of fused-ring (bicyclic) bond motifs is 2. The Bertz CT molecular complexity index is 1230. The maximum atomic E-state index is 13.0. The van der Waals surface area contributed by atoms with Crippen molar-refractivity contribution in [3.63, 3.8) is 0 Å². The summed E-state index contributed by atoms with van der Waals surface area (Å²) in [7, 11) is 0. The minimum absolute atomic E-state index is 0.123. The Morgan fingerprint density at radius 1 is 1.29 bits per heavy atom. The minimum atomic E-state index is -0.509. The molecule has 31 heavy (non-hydrogen) atoms. The van der Waals surface area contributed by atoms with E-state index in [2.05, 4.69) is 16.7 Å². The molecule has 0 saturated heterocycles. The molecule has 9 nitrogen and oxygen atoms in total. The van der Waals surface area contributed by atoms with Crippen LogP contribution in [0.1, 0.15) is 28.7 Å². The van der Waals surface area contributed by atoms with E-state index >= 15 is 0 Å². The predicted molar refractivity (Wildman–Crippen MR) is 114 cm³/mol. The maximum absolute atomic E-state index is 13.0. The lowest BCUT2D eigenvalue weighted by molar-refractivity contribution is -0.132. The van der Waals surface area contributed by atoms with E-state index in [0.717, 1.165) is 5.69 Å². The fraction of sp³-hybridized carbons (Fsp3) is 0.318. The van der Waals surface area contributed by atoms with Crippen LogP contribution in [0, 0.1) is 0 Å². The average molecular weight is 421 g/mol. The summed E-state index contributed by atoms with van der Waals surface area (Å²) in [5.74, 6) is -0.734. The van der Waals surface area contributed by atoms with Crippen LogP contribution in [0.3, 0.4) is 0 Å². The van der Waals surface area contributed by atoms with Crippen molar-refractivity contribution in [2.24, 2.45) is 0 Å². The molecule has 1 aromatic carbocycles. The Balaban J connectivity index is 1.59. The highest BCUT2D eigenvalue weighted by atomic mass is 16.5. The number of rotatable bonds is 6. The van der Waals surface area contributed by atoms with E-state index in [0.29, 0.717) is 36.0 Å². The van der Waals surface area contributed by atoms with Crippen molar-refractivity contribution in [2.75, 3.05) is 13.2 Å². The van der Waals surface area contributed by atoms with Gasteiger partial charge in [-0.15, -0.1) is 6.58 Å². The number of esters is 1. The molecule has 1 amide bonds. The van der Waals surface area contributed by atoms with Gasteiger partial charge in [0.1, 0.15) is 6.54 Å². The van der Waals surface area contributed by atoms with Crippen LogP contribution in [-0.4, -0.2) is 49.3 Å². The van der Waals surface area contributed by atoms with Crippen molar-refractivity contribution in [3.8, 4) is 0 Å². The number of hydrogen-bond donors (Lipinski definition) is 0. The molecule has 0 unspecified atom stereocenters. The summed E-state index contributed by atoms with van der Waals surface area (Å²) in [5, 5.41) is 4.86. The van der Waals surface area contributed by atoms with E-state index in [-0.39, 0.29) is 36.9 Å². The van der Waals surface area contributed by atoms with Crippen LogP contribution < -0.4 is 5.56 Å². The number of aromatic nitrogens is 4. The first-order chi connectivity index (χ1) is 15.0. The number of allylic oxidation sites excluding steroid dienone is 1. The van der Waals surface area contributed by atoms with Crippen molar-refractivity contribution in [2.45, 2.75) is 33.0 Å². The van der Waals surface area contributed by atoms with Crippen molar-refractivity contribution in [1.82, 2.24) is 24.2 Å². The molecule has 160 valence electrons. The third-order valence-corrected chi connectivity index (χ3v) is 5.29. The maximum Gasteiger partial charge on any atom is 0.359 e. The quantitative estimate of drug-likeness (QED) is 0.442. The molecule has 0 N–H and O–H groups in total. The van der Waals surface area contributed by atoms with Gasteiger partial charge in [0.05, 0.1) is 30.4 Å². The second kappa shape index (κ2) is 8.55. The van der Waals surface area contributed by atoms with Gasteiger partial charge in [0.2, 0.25) is 5.91 Å². The lowest BCUT2D eigenvalue weighted by Crippen LogP contribution is -2.40.